The van der Waals surface area contributed by atoms with Gasteiger partial charge < -0.3 is 24.7 Å². The molecule has 10 heteroatoms. The van der Waals surface area contributed by atoms with Crippen molar-refractivity contribution in [1.82, 2.24) is 10.6 Å². The van der Waals surface area contributed by atoms with Gasteiger partial charge in [0, 0.05) is 34.0 Å². The predicted molar refractivity (Wildman–Crippen MR) is 121 cm³/mol. The number of carbonyl (C=O) groups excluding carboxylic acids is 3. The van der Waals surface area contributed by atoms with Crippen molar-refractivity contribution in [2.75, 3.05) is 21.3 Å². The Labute approximate surface area is 192 Å². The number of ether oxygens (including phenoxy) is 1. The Morgan fingerprint density at radius 2 is 1.55 bits per heavy atom. The molecule has 0 aliphatic carbocycles. The van der Waals surface area contributed by atoms with Gasteiger partial charge in [0.25, 0.3) is 0 Å². The molecule has 0 aliphatic heterocycles. The number of nitrogens with one attached hydrogen (secondary N) is 2. The van der Waals surface area contributed by atoms with Crippen molar-refractivity contribution < 1.29 is 32.8 Å². The van der Waals surface area contributed by atoms with Crippen LogP contribution in [0.15, 0.2) is 48.5 Å². The van der Waals surface area contributed by atoms with Gasteiger partial charge in [-0.15, -0.1) is 0 Å². The van der Waals surface area contributed by atoms with Crippen LogP contribution in [0, 0.1) is 5.82 Å². The molecule has 0 aliphatic rings. The topological polar surface area (TPSA) is 103 Å². The van der Waals surface area contributed by atoms with Gasteiger partial charge in [-0.1, -0.05) is 42.5 Å². The first-order valence-corrected chi connectivity index (χ1v) is 10.3. The highest BCUT2D eigenvalue weighted by atomic mass is 19.1. The summed E-state index contributed by atoms with van der Waals surface area (Å²) >= 11 is 0. The van der Waals surface area contributed by atoms with Gasteiger partial charge in [-0.05, 0) is 22.7 Å². The van der Waals surface area contributed by atoms with E-state index in [0.717, 1.165) is 11.0 Å². The van der Waals surface area contributed by atoms with Crippen LogP contribution in [0.5, 0.6) is 0 Å². The molecule has 2 amide bonds. The molecule has 2 N–H and O–H groups in total. The number of halogens is 1. The molecule has 2 rings (SSSR count). The Balaban J connectivity index is 2.17. The van der Waals surface area contributed by atoms with Crippen molar-refractivity contribution >= 4 is 30.4 Å². The average Bonchev–Trinajstić information content (AvgIpc) is 2.80. The first kappa shape index (κ1) is 26.0. The monoisotopic (exact) mass is 458 g/mol. The quantitative estimate of drug-likeness (QED) is 0.381. The van der Waals surface area contributed by atoms with Crippen molar-refractivity contribution in [1.29, 1.82) is 0 Å². The Bertz CT molecular complexity index is 952. The minimum absolute atomic E-state index is 0.0733. The van der Waals surface area contributed by atoms with Crippen molar-refractivity contribution in [3.8, 4) is 0 Å². The van der Waals surface area contributed by atoms with Crippen LogP contribution in [-0.2, 0) is 41.3 Å². The number of benzene rings is 2. The highest BCUT2D eigenvalue weighted by Gasteiger charge is 2.28. The Morgan fingerprint density at radius 3 is 2.09 bits per heavy atom. The van der Waals surface area contributed by atoms with Crippen LogP contribution < -0.4 is 16.1 Å². The summed E-state index contributed by atoms with van der Waals surface area (Å²) in [6.07, 6.45) is 0.0753. The minimum atomic E-state index is -1.07. The SMILES string of the molecule is COB(OC)c1ccc(C[C@@H](NC(=O)[C@@H](Cc2ccccc2F)NC(C)=O)C(=O)OC)cc1. The first-order chi connectivity index (χ1) is 15.8. The molecule has 176 valence electrons. The van der Waals surface area contributed by atoms with Crippen LogP contribution >= 0.6 is 0 Å². The standard InChI is InChI=1S/C23H28BFN2O6/c1-15(28)26-20(14-17-7-5-6-8-19(17)25)22(29)27-21(23(30)31-2)13-16-9-11-18(12-10-16)24(32-3)33-4/h5-12,20-21H,13-14H2,1-4H3,(H,26,28)(H,27,29)/t20-,21-/m1/s1. The molecule has 0 radical (unpaired) electrons. The second-order valence-electron chi connectivity index (χ2n) is 7.38. The van der Waals surface area contributed by atoms with E-state index in [9.17, 15) is 18.8 Å². The van der Waals surface area contributed by atoms with Crippen molar-refractivity contribution in [2.24, 2.45) is 0 Å². The van der Waals surface area contributed by atoms with Gasteiger partial charge in [-0.3, -0.25) is 9.59 Å². The van der Waals surface area contributed by atoms with Crippen LogP contribution in [0.25, 0.3) is 0 Å². The highest BCUT2D eigenvalue weighted by molar-refractivity contribution is 6.61. The van der Waals surface area contributed by atoms with E-state index in [1.807, 2.05) is 0 Å². The molecule has 0 spiro atoms. The Hall–Kier alpha value is -3.24. The fourth-order valence-electron chi connectivity index (χ4n) is 3.36. The van der Waals surface area contributed by atoms with E-state index in [4.69, 9.17) is 14.0 Å². The molecule has 0 saturated carbocycles. The van der Waals surface area contributed by atoms with E-state index in [-0.39, 0.29) is 18.4 Å². The van der Waals surface area contributed by atoms with E-state index >= 15 is 0 Å². The third-order valence-corrected chi connectivity index (χ3v) is 5.00. The normalized spacial score (nSPS) is 12.4. The maximum absolute atomic E-state index is 14.1. The molecule has 33 heavy (non-hydrogen) atoms. The summed E-state index contributed by atoms with van der Waals surface area (Å²) in [7, 11) is 3.75. The van der Waals surface area contributed by atoms with Crippen LogP contribution in [0.3, 0.4) is 0 Å². The third-order valence-electron chi connectivity index (χ3n) is 5.00. The lowest BCUT2D eigenvalue weighted by atomic mass is 9.78. The zero-order chi connectivity index (χ0) is 24.4. The van der Waals surface area contributed by atoms with Gasteiger partial charge in [0.05, 0.1) is 7.11 Å². The summed E-state index contributed by atoms with van der Waals surface area (Å²) < 4.78 is 29.4. The molecule has 0 aromatic heterocycles. The Kier molecular flexibility index (Phi) is 10.0. The smallest absolute Gasteiger partial charge is 0.467 e. The van der Waals surface area contributed by atoms with Gasteiger partial charge in [0.2, 0.25) is 11.8 Å². The number of rotatable bonds is 11. The molecule has 0 saturated heterocycles. The lowest BCUT2D eigenvalue weighted by Crippen LogP contribution is -2.53. The maximum Gasteiger partial charge on any atom is 0.493 e. The number of hydrogen-bond acceptors (Lipinski definition) is 6. The molecule has 2 aromatic rings. The number of amides is 2. The van der Waals surface area contributed by atoms with Gasteiger partial charge in [-0.2, -0.15) is 0 Å². The zero-order valence-corrected chi connectivity index (χ0v) is 19.1. The lowest BCUT2D eigenvalue weighted by molar-refractivity contribution is -0.145. The van der Waals surface area contributed by atoms with Gasteiger partial charge in [0.15, 0.2) is 0 Å². The number of esters is 1. The molecular formula is C23H28BFN2O6. The van der Waals surface area contributed by atoms with Gasteiger partial charge >= 0.3 is 13.1 Å². The van der Waals surface area contributed by atoms with Crippen molar-refractivity contribution in [3.05, 3.63) is 65.5 Å². The van der Waals surface area contributed by atoms with Gasteiger partial charge in [0.1, 0.15) is 17.9 Å². The number of hydrogen-bond donors (Lipinski definition) is 2. The van der Waals surface area contributed by atoms with E-state index < -0.39 is 42.8 Å². The fraction of sp³-hybridized carbons (Fsp3) is 0.348. The van der Waals surface area contributed by atoms with Crippen molar-refractivity contribution in [3.63, 3.8) is 0 Å². The van der Waals surface area contributed by atoms with E-state index in [0.29, 0.717) is 0 Å². The van der Waals surface area contributed by atoms with Crippen LogP contribution in [0.4, 0.5) is 4.39 Å². The molecular weight excluding hydrogens is 430 g/mol. The van der Waals surface area contributed by atoms with E-state index in [1.165, 1.54) is 46.5 Å². The average molecular weight is 458 g/mol. The molecule has 0 heterocycles. The largest absolute Gasteiger partial charge is 0.493 e. The lowest BCUT2D eigenvalue weighted by Gasteiger charge is -2.22. The second-order valence-corrected chi connectivity index (χ2v) is 7.38. The van der Waals surface area contributed by atoms with Crippen LogP contribution in [0.1, 0.15) is 18.1 Å². The summed E-state index contributed by atoms with van der Waals surface area (Å²) in [5.74, 6) is -2.22. The fourth-order valence-corrected chi connectivity index (χ4v) is 3.36. The molecule has 8 nitrogen and oxygen atoms in total. The highest BCUT2D eigenvalue weighted by Crippen LogP contribution is 2.11. The number of carbonyl (C=O) groups is 3. The summed E-state index contributed by atoms with van der Waals surface area (Å²) in [5.41, 5.74) is 1.81. The summed E-state index contributed by atoms with van der Waals surface area (Å²) in [5, 5.41) is 5.14. The second kappa shape index (κ2) is 12.7. The molecule has 0 bridgehead atoms. The molecule has 2 aromatic carbocycles. The minimum Gasteiger partial charge on any atom is -0.467 e. The Morgan fingerprint density at radius 1 is 0.909 bits per heavy atom. The predicted octanol–water partition coefficient (Wildman–Crippen LogP) is 0.761. The molecule has 2 atom stereocenters. The van der Waals surface area contributed by atoms with E-state index in [2.05, 4.69) is 10.6 Å². The van der Waals surface area contributed by atoms with Crippen molar-refractivity contribution in [2.45, 2.75) is 31.8 Å². The number of methoxy groups -OCH3 is 1. The molecule has 0 unspecified atom stereocenters. The summed E-state index contributed by atoms with van der Waals surface area (Å²) in [6, 6.07) is 11.1. The van der Waals surface area contributed by atoms with Crippen LogP contribution in [0.2, 0.25) is 0 Å². The zero-order valence-electron chi connectivity index (χ0n) is 19.1. The summed E-state index contributed by atoms with van der Waals surface area (Å²) in [4.78, 5) is 36.9. The van der Waals surface area contributed by atoms with Gasteiger partial charge in [-0.25, -0.2) is 9.18 Å². The summed E-state index contributed by atoms with van der Waals surface area (Å²) in [6.45, 7) is 1.26. The third kappa shape index (κ3) is 7.69. The van der Waals surface area contributed by atoms with E-state index in [1.54, 1.807) is 30.3 Å². The maximum atomic E-state index is 14.1. The first-order valence-electron chi connectivity index (χ1n) is 10.3. The van der Waals surface area contributed by atoms with Crippen LogP contribution in [-0.4, -0.2) is 58.3 Å². The molecule has 0 fully saturated rings.